The molecule has 5 nitrogen and oxygen atoms in total. The highest BCUT2D eigenvalue weighted by Gasteiger charge is 2.24. The molecule has 166 valence electrons. The number of nitrogens with one attached hydrogen (secondary N) is 1. The van der Waals surface area contributed by atoms with Crippen molar-refractivity contribution in [3.8, 4) is 11.5 Å². The summed E-state index contributed by atoms with van der Waals surface area (Å²) in [5, 5.41) is 1.85. The zero-order valence-corrected chi connectivity index (χ0v) is 19.8. The van der Waals surface area contributed by atoms with Gasteiger partial charge in [0.15, 0.2) is 5.75 Å². The van der Waals surface area contributed by atoms with Crippen molar-refractivity contribution in [2.45, 2.75) is 38.0 Å². The van der Waals surface area contributed by atoms with Gasteiger partial charge in [-0.2, -0.15) is 8.42 Å². The molecule has 32 heavy (non-hydrogen) atoms. The standard InChI is InChI=1S/C26H27NO4S/c1-7-26(4,5)21-14-19-20-12-17(3)13-24(25(20)27-22(19)15-23(21)30-6)31-32(28,29)18-10-8-16(2)9-11-18/h7-15,27H,1H2,2-6H3. The molecule has 6 heteroatoms. The largest absolute Gasteiger partial charge is 0.496 e. The summed E-state index contributed by atoms with van der Waals surface area (Å²) in [6.07, 6.45) is 1.89. The third-order valence-corrected chi connectivity index (χ3v) is 7.10. The van der Waals surface area contributed by atoms with E-state index in [1.54, 1.807) is 37.4 Å². The minimum atomic E-state index is -3.98. The number of methoxy groups -OCH3 is 1. The van der Waals surface area contributed by atoms with Gasteiger partial charge < -0.3 is 13.9 Å². The number of rotatable bonds is 6. The van der Waals surface area contributed by atoms with Crippen LogP contribution in [0.3, 0.4) is 0 Å². The van der Waals surface area contributed by atoms with Crippen molar-refractivity contribution in [3.05, 3.63) is 77.9 Å². The van der Waals surface area contributed by atoms with E-state index >= 15 is 0 Å². The van der Waals surface area contributed by atoms with Gasteiger partial charge in [-0.3, -0.25) is 0 Å². The van der Waals surface area contributed by atoms with Gasteiger partial charge in [0, 0.05) is 27.8 Å². The molecule has 4 aromatic rings. The molecule has 0 atom stereocenters. The lowest BCUT2D eigenvalue weighted by molar-refractivity contribution is 0.403. The van der Waals surface area contributed by atoms with Gasteiger partial charge in [0.05, 0.1) is 18.1 Å². The van der Waals surface area contributed by atoms with Crippen LogP contribution in [0.5, 0.6) is 11.5 Å². The number of hydrogen-bond donors (Lipinski definition) is 1. The summed E-state index contributed by atoms with van der Waals surface area (Å²) in [4.78, 5) is 3.45. The molecule has 1 heterocycles. The average Bonchev–Trinajstić information content (AvgIpc) is 3.10. The summed E-state index contributed by atoms with van der Waals surface area (Å²) in [7, 11) is -2.34. The van der Waals surface area contributed by atoms with E-state index in [1.165, 1.54) is 0 Å². The lowest BCUT2D eigenvalue weighted by Gasteiger charge is -2.23. The van der Waals surface area contributed by atoms with Crippen LogP contribution in [-0.2, 0) is 15.5 Å². The molecule has 0 unspecified atom stereocenters. The summed E-state index contributed by atoms with van der Waals surface area (Å²) >= 11 is 0. The minimum absolute atomic E-state index is 0.116. The van der Waals surface area contributed by atoms with Crippen molar-refractivity contribution >= 4 is 31.9 Å². The predicted molar refractivity (Wildman–Crippen MR) is 129 cm³/mol. The number of fused-ring (bicyclic) bond motifs is 3. The Labute approximate surface area is 188 Å². The Balaban J connectivity index is 1.92. The summed E-state index contributed by atoms with van der Waals surface area (Å²) in [6.45, 7) is 11.9. The fourth-order valence-electron chi connectivity index (χ4n) is 3.85. The summed E-state index contributed by atoms with van der Waals surface area (Å²) in [5.74, 6) is 1.00. The quantitative estimate of drug-likeness (QED) is 0.282. The number of benzene rings is 3. The highest BCUT2D eigenvalue weighted by Crippen LogP contribution is 2.40. The Morgan fingerprint density at radius 3 is 2.25 bits per heavy atom. The van der Waals surface area contributed by atoms with E-state index in [9.17, 15) is 8.42 Å². The highest BCUT2D eigenvalue weighted by atomic mass is 32.2. The Bertz CT molecular complexity index is 1450. The van der Waals surface area contributed by atoms with Crippen LogP contribution in [0.4, 0.5) is 0 Å². The maximum Gasteiger partial charge on any atom is 0.339 e. The molecule has 4 rings (SSSR count). The van der Waals surface area contributed by atoms with Crippen LogP contribution in [0, 0.1) is 13.8 Å². The summed E-state index contributed by atoms with van der Waals surface area (Å²) in [5.41, 5.74) is 4.03. The molecular weight excluding hydrogens is 422 g/mol. The molecule has 3 aromatic carbocycles. The van der Waals surface area contributed by atoms with Gasteiger partial charge in [-0.05, 0) is 49.7 Å². The Kier molecular flexibility index (Phi) is 5.29. The van der Waals surface area contributed by atoms with Crippen LogP contribution in [-0.4, -0.2) is 20.5 Å². The summed E-state index contributed by atoms with van der Waals surface area (Å²) in [6, 6.07) is 14.4. The van der Waals surface area contributed by atoms with Crippen molar-refractivity contribution in [1.29, 1.82) is 0 Å². The third kappa shape index (κ3) is 3.75. The maximum absolute atomic E-state index is 12.9. The molecule has 0 fully saturated rings. The number of hydrogen-bond acceptors (Lipinski definition) is 4. The monoisotopic (exact) mass is 449 g/mol. The average molecular weight is 450 g/mol. The second-order valence-corrected chi connectivity index (χ2v) is 10.2. The molecule has 1 N–H and O–H groups in total. The van der Waals surface area contributed by atoms with Gasteiger partial charge in [0.25, 0.3) is 0 Å². The van der Waals surface area contributed by atoms with Crippen molar-refractivity contribution < 1.29 is 17.3 Å². The number of allylic oxidation sites excluding steroid dienone is 1. The Hall–Kier alpha value is -3.25. The first-order chi connectivity index (χ1) is 15.1. The molecular formula is C26H27NO4S. The summed E-state index contributed by atoms with van der Waals surface area (Å²) < 4.78 is 37.1. The van der Waals surface area contributed by atoms with Gasteiger partial charge >= 0.3 is 10.1 Å². The highest BCUT2D eigenvalue weighted by molar-refractivity contribution is 7.87. The van der Waals surface area contributed by atoms with Crippen LogP contribution in [0.2, 0.25) is 0 Å². The van der Waals surface area contributed by atoms with Crippen molar-refractivity contribution in [2.24, 2.45) is 0 Å². The van der Waals surface area contributed by atoms with Gasteiger partial charge in [-0.15, -0.1) is 6.58 Å². The first-order valence-corrected chi connectivity index (χ1v) is 11.8. The van der Waals surface area contributed by atoms with E-state index in [0.717, 1.165) is 38.7 Å². The number of aryl methyl sites for hydroxylation is 2. The first kappa shape index (κ1) is 22.0. The lowest BCUT2D eigenvalue weighted by atomic mass is 9.83. The predicted octanol–water partition coefficient (Wildman–Crippen LogP) is 6.18. The minimum Gasteiger partial charge on any atom is -0.496 e. The van der Waals surface area contributed by atoms with Crippen LogP contribution in [0.15, 0.2) is 66.1 Å². The lowest BCUT2D eigenvalue weighted by Crippen LogP contribution is -2.14. The van der Waals surface area contributed by atoms with E-state index in [-0.39, 0.29) is 16.1 Å². The van der Waals surface area contributed by atoms with Gasteiger partial charge in [-0.1, -0.05) is 37.6 Å². The SMILES string of the molecule is C=CC(C)(C)c1cc2c(cc1OC)[nH]c1c(OS(=O)(=O)c3ccc(C)cc3)cc(C)cc12. The number of ether oxygens (including phenoxy) is 1. The third-order valence-electron chi connectivity index (χ3n) is 5.85. The zero-order valence-electron chi connectivity index (χ0n) is 18.9. The molecule has 0 bridgehead atoms. The second-order valence-electron chi connectivity index (χ2n) is 8.69. The molecule has 0 saturated heterocycles. The fourth-order valence-corrected chi connectivity index (χ4v) is 4.79. The molecule has 0 aliphatic rings. The number of aromatic nitrogens is 1. The normalized spacial score (nSPS) is 12.3. The molecule has 0 aliphatic carbocycles. The van der Waals surface area contributed by atoms with E-state index in [2.05, 4.69) is 31.5 Å². The van der Waals surface area contributed by atoms with E-state index < -0.39 is 10.1 Å². The Morgan fingerprint density at radius 2 is 1.62 bits per heavy atom. The second kappa shape index (κ2) is 7.71. The molecule has 0 aliphatic heterocycles. The van der Waals surface area contributed by atoms with E-state index in [1.807, 2.05) is 32.1 Å². The fraction of sp³-hybridized carbons (Fsp3) is 0.231. The molecule has 0 saturated carbocycles. The van der Waals surface area contributed by atoms with Crippen LogP contribution in [0.1, 0.15) is 30.5 Å². The van der Waals surface area contributed by atoms with E-state index in [0.29, 0.717) is 5.52 Å². The van der Waals surface area contributed by atoms with E-state index in [4.69, 9.17) is 8.92 Å². The molecule has 0 amide bonds. The maximum atomic E-state index is 12.9. The van der Waals surface area contributed by atoms with Crippen molar-refractivity contribution in [3.63, 3.8) is 0 Å². The smallest absolute Gasteiger partial charge is 0.339 e. The number of H-pyrrole nitrogens is 1. The van der Waals surface area contributed by atoms with Crippen molar-refractivity contribution in [2.75, 3.05) is 7.11 Å². The Morgan fingerprint density at radius 1 is 0.938 bits per heavy atom. The van der Waals surface area contributed by atoms with Gasteiger partial charge in [0.1, 0.15) is 10.6 Å². The van der Waals surface area contributed by atoms with Crippen LogP contribution >= 0.6 is 0 Å². The first-order valence-electron chi connectivity index (χ1n) is 10.3. The van der Waals surface area contributed by atoms with Gasteiger partial charge in [-0.25, -0.2) is 0 Å². The van der Waals surface area contributed by atoms with Gasteiger partial charge in [0.2, 0.25) is 0 Å². The number of aromatic amines is 1. The van der Waals surface area contributed by atoms with Crippen LogP contribution in [0.25, 0.3) is 21.8 Å². The van der Waals surface area contributed by atoms with Crippen molar-refractivity contribution in [1.82, 2.24) is 4.98 Å². The molecule has 1 aromatic heterocycles. The zero-order chi connectivity index (χ0) is 23.3. The molecule has 0 spiro atoms. The van der Waals surface area contributed by atoms with Crippen LogP contribution < -0.4 is 8.92 Å². The topological polar surface area (TPSA) is 68.4 Å². The molecule has 0 radical (unpaired) electrons.